The standard InChI is InChI=1S/C14H19IO/c1-5-11(4)12-6-13(15)8-14(7-12)16-9-10(2)3/h5-8,10-11H,1,9H2,2-4H3. The van der Waals surface area contributed by atoms with Gasteiger partial charge in [0.15, 0.2) is 0 Å². The van der Waals surface area contributed by atoms with Gasteiger partial charge in [0.1, 0.15) is 5.75 Å². The fourth-order valence-electron chi connectivity index (χ4n) is 1.33. The topological polar surface area (TPSA) is 9.23 Å². The first-order valence-electron chi connectivity index (χ1n) is 5.58. The number of rotatable bonds is 5. The Bertz CT molecular complexity index is 358. The van der Waals surface area contributed by atoms with Crippen LogP contribution in [-0.4, -0.2) is 6.61 Å². The zero-order chi connectivity index (χ0) is 12.1. The number of ether oxygens (including phenoxy) is 1. The highest BCUT2D eigenvalue weighted by molar-refractivity contribution is 14.1. The highest BCUT2D eigenvalue weighted by Gasteiger charge is 2.05. The first-order valence-corrected chi connectivity index (χ1v) is 6.66. The van der Waals surface area contributed by atoms with Crippen LogP contribution in [-0.2, 0) is 0 Å². The maximum absolute atomic E-state index is 5.74. The van der Waals surface area contributed by atoms with Gasteiger partial charge in [-0.2, -0.15) is 0 Å². The lowest BCUT2D eigenvalue weighted by Gasteiger charge is -2.13. The Hall–Kier alpha value is -0.510. The molecule has 0 saturated heterocycles. The summed E-state index contributed by atoms with van der Waals surface area (Å²) in [5, 5.41) is 0. The number of hydrogen-bond donors (Lipinski definition) is 0. The molecule has 0 amide bonds. The number of halogens is 1. The smallest absolute Gasteiger partial charge is 0.120 e. The molecule has 0 spiro atoms. The predicted molar refractivity (Wildman–Crippen MR) is 78.1 cm³/mol. The highest BCUT2D eigenvalue weighted by Crippen LogP contribution is 2.25. The van der Waals surface area contributed by atoms with Gasteiger partial charge in [-0.1, -0.05) is 26.8 Å². The Morgan fingerprint density at radius 3 is 2.56 bits per heavy atom. The second kappa shape index (κ2) is 6.28. The Balaban J connectivity index is 2.85. The molecule has 88 valence electrons. The summed E-state index contributed by atoms with van der Waals surface area (Å²) in [7, 11) is 0. The van der Waals surface area contributed by atoms with E-state index in [2.05, 4.69) is 68.1 Å². The van der Waals surface area contributed by atoms with Crippen molar-refractivity contribution in [2.45, 2.75) is 26.7 Å². The van der Waals surface area contributed by atoms with Gasteiger partial charge in [-0.15, -0.1) is 6.58 Å². The molecule has 0 radical (unpaired) electrons. The Morgan fingerprint density at radius 1 is 1.31 bits per heavy atom. The van der Waals surface area contributed by atoms with Gasteiger partial charge in [-0.3, -0.25) is 0 Å². The minimum Gasteiger partial charge on any atom is -0.493 e. The maximum atomic E-state index is 5.74. The fraction of sp³-hybridized carbons (Fsp3) is 0.429. The van der Waals surface area contributed by atoms with Gasteiger partial charge in [-0.05, 0) is 58.2 Å². The number of benzene rings is 1. The summed E-state index contributed by atoms with van der Waals surface area (Å²) in [5.41, 5.74) is 1.26. The van der Waals surface area contributed by atoms with E-state index >= 15 is 0 Å². The summed E-state index contributed by atoms with van der Waals surface area (Å²) >= 11 is 2.32. The molecule has 0 N–H and O–H groups in total. The number of hydrogen-bond acceptors (Lipinski definition) is 1. The lowest BCUT2D eigenvalue weighted by Crippen LogP contribution is -2.05. The molecule has 0 aliphatic carbocycles. The van der Waals surface area contributed by atoms with Gasteiger partial charge in [0.2, 0.25) is 0 Å². The van der Waals surface area contributed by atoms with Crippen LogP contribution in [0.25, 0.3) is 0 Å². The monoisotopic (exact) mass is 330 g/mol. The van der Waals surface area contributed by atoms with E-state index in [0.29, 0.717) is 11.8 Å². The van der Waals surface area contributed by atoms with Crippen molar-refractivity contribution in [3.63, 3.8) is 0 Å². The average Bonchev–Trinajstić information content (AvgIpc) is 2.24. The summed E-state index contributed by atoms with van der Waals surface area (Å²) in [4.78, 5) is 0. The van der Waals surface area contributed by atoms with Crippen LogP contribution < -0.4 is 4.74 Å². The molecule has 0 saturated carbocycles. The average molecular weight is 330 g/mol. The predicted octanol–water partition coefficient (Wildman–Crippen LogP) is 4.62. The van der Waals surface area contributed by atoms with Gasteiger partial charge < -0.3 is 4.74 Å². The van der Waals surface area contributed by atoms with E-state index < -0.39 is 0 Å². The van der Waals surface area contributed by atoms with Crippen LogP contribution in [0.2, 0.25) is 0 Å². The Labute approximate surface area is 112 Å². The zero-order valence-corrected chi connectivity index (χ0v) is 12.3. The number of allylic oxidation sites excluding steroid dienone is 1. The van der Waals surface area contributed by atoms with Crippen molar-refractivity contribution in [1.29, 1.82) is 0 Å². The van der Waals surface area contributed by atoms with Crippen LogP contribution in [0.15, 0.2) is 30.9 Å². The first kappa shape index (κ1) is 13.6. The van der Waals surface area contributed by atoms with Crippen molar-refractivity contribution in [3.05, 3.63) is 40.0 Å². The van der Waals surface area contributed by atoms with Crippen LogP contribution in [0.5, 0.6) is 5.75 Å². The quantitative estimate of drug-likeness (QED) is 0.566. The van der Waals surface area contributed by atoms with Crippen molar-refractivity contribution in [1.82, 2.24) is 0 Å². The van der Waals surface area contributed by atoms with E-state index in [1.54, 1.807) is 0 Å². The Morgan fingerprint density at radius 2 is 2.00 bits per heavy atom. The van der Waals surface area contributed by atoms with E-state index in [1.807, 2.05) is 6.08 Å². The molecule has 0 aliphatic rings. The van der Waals surface area contributed by atoms with Crippen LogP contribution in [0, 0.1) is 9.49 Å². The van der Waals surface area contributed by atoms with Crippen molar-refractivity contribution >= 4 is 22.6 Å². The van der Waals surface area contributed by atoms with Gasteiger partial charge in [-0.25, -0.2) is 0 Å². The lowest BCUT2D eigenvalue weighted by atomic mass is 10.0. The first-order chi connectivity index (χ1) is 7.52. The summed E-state index contributed by atoms with van der Waals surface area (Å²) in [6.07, 6.45) is 1.96. The SMILES string of the molecule is C=CC(C)c1cc(I)cc(OCC(C)C)c1. The maximum Gasteiger partial charge on any atom is 0.120 e. The minimum atomic E-state index is 0.371. The second-order valence-corrected chi connectivity index (χ2v) is 5.70. The summed E-state index contributed by atoms with van der Waals surface area (Å²) in [5.74, 6) is 1.89. The van der Waals surface area contributed by atoms with Gasteiger partial charge in [0.05, 0.1) is 6.61 Å². The largest absolute Gasteiger partial charge is 0.493 e. The molecule has 0 aliphatic heterocycles. The normalized spacial score (nSPS) is 12.6. The lowest BCUT2D eigenvalue weighted by molar-refractivity contribution is 0.270. The van der Waals surface area contributed by atoms with Gasteiger partial charge >= 0.3 is 0 Å². The Kier molecular flexibility index (Phi) is 5.32. The zero-order valence-electron chi connectivity index (χ0n) is 10.2. The van der Waals surface area contributed by atoms with E-state index in [1.165, 1.54) is 9.13 Å². The van der Waals surface area contributed by atoms with Crippen LogP contribution in [0.3, 0.4) is 0 Å². The van der Waals surface area contributed by atoms with Crippen LogP contribution in [0.4, 0.5) is 0 Å². The van der Waals surface area contributed by atoms with Crippen molar-refractivity contribution in [2.75, 3.05) is 6.61 Å². The molecular formula is C14H19IO. The van der Waals surface area contributed by atoms with E-state index in [0.717, 1.165) is 12.4 Å². The molecule has 0 heterocycles. The molecule has 16 heavy (non-hydrogen) atoms. The molecule has 1 aromatic rings. The van der Waals surface area contributed by atoms with E-state index in [-0.39, 0.29) is 0 Å². The molecule has 0 aromatic heterocycles. The van der Waals surface area contributed by atoms with Crippen molar-refractivity contribution < 1.29 is 4.74 Å². The molecule has 1 rings (SSSR count). The van der Waals surface area contributed by atoms with E-state index in [4.69, 9.17) is 4.74 Å². The minimum absolute atomic E-state index is 0.371. The molecule has 1 unspecified atom stereocenters. The fourth-order valence-corrected chi connectivity index (χ4v) is 2.00. The molecule has 1 nitrogen and oxygen atoms in total. The molecular weight excluding hydrogens is 311 g/mol. The van der Waals surface area contributed by atoms with Crippen molar-refractivity contribution in [3.8, 4) is 5.75 Å². The molecule has 1 aromatic carbocycles. The second-order valence-electron chi connectivity index (χ2n) is 4.45. The summed E-state index contributed by atoms with van der Waals surface area (Å²) in [6, 6.07) is 6.36. The highest BCUT2D eigenvalue weighted by atomic mass is 127. The summed E-state index contributed by atoms with van der Waals surface area (Å²) < 4.78 is 6.96. The third-order valence-electron chi connectivity index (χ3n) is 2.36. The molecule has 1 atom stereocenters. The van der Waals surface area contributed by atoms with Crippen molar-refractivity contribution in [2.24, 2.45) is 5.92 Å². The third-order valence-corrected chi connectivity index (χ3v) is 2.98. The molecule has 2 heteroatoms. The third kappa shape index (κ3) is 4.16. The summed E-state index contributed by atoms with van der Waals surface area (Å²) in [6.45, 7) is 11.0. The van der Waals surface area contributed by atoms with Gasteiger partial charge in [0, 0.05) is 3.57 Å². The molecule has 0 bridgehead atoms. The van der Waals surface area contributed by atoms with Crippen LogP contribution >= 0.6 is 22.6 Å². The molecule has 0 fully saturated rings. The van der Waals surface area contributed by atoms with E-state index in [9.17, 15) is 0 Å². The van der Waals surface area contributed by atoms with Crippen LogP contribution in [0.1, 0.15) is 32.3 Å². The van der Waals surface area contributed by atoms with Gasteiger partial charge in [0.25, 0.3) is 0 Å².